The lowest BCUT2D eigenvalue weighted by Crippen LogP contribution is -2.17. The molecule has 0 aromatic heterocycles. The third-order valence-electron chi connectivity index (χ3n) is 2.55. The summed E-state index contributed by atoms with van der Waals surface area (Å²) in [6.07, 6.45) is 3.18. The van der Waals surface area contributed by atoms with Crippen LogP contribution in [0.2, 0.25) is 0 Å². The standard InChI is InChI=1S/C13H17FN2S/c1-10(17-2)3-4-16-9-12-5-11(8-15)6-13(14)7-12/h5-7,10,16H,3-4,9H2,1-2H3. The molecule has 1 atom stereocenters. The maximum absolute atomic E-state index is 13.1. The summed E-state index contributed by atoms with van der Waals surface area (Å²) < 4.78 is 13.1. The van der Waals surface area contributed by atoms with Gasteiger partial charge in [-0.25, -0.2) is 4.39 Å². The number of nitrogens with one attached hydrogen (secondary N) is 1. The maximum Gasteiger partial charge on any atom is 0.124 e. The van der Waals surface area contributed by atoms with Gasteiger partial charge in [0.05, 0.1) is 11.6 Å². The molecule has 0 amide bonds. The van der Waals surface area contributed by atoms with E-state index in [2.05, 4.69) is 18.5 Å². The summed E-state index contributed by atoms with van der Waals surface area (Å²) in [4.78, 5) is 0. The first-order valence-electron chi connectivity index (χ1n) is 5.58. The first-order chi connectivity index (χ1) is 8.15. The molecule has 0 saturated heterocycles. The van der Waals surface area contributed by atoms with Crippen LogP contribution in [0.3, 0.4) is 0 Å². The van der Waals surface area contributed by atoms with Gasteiger partial charge in [-0.15, -0.1) is 0 Å². The zero-order valence-corrected chi connectivity index (χ0v) is 11.0. The molecule has 0 radical (unpaired) electrons. The molecule has 0 heterocycles. The monoisotopic (exact) mass is 252 g/mol. The second-order valence-corrected chi connectivity index (χ2v) is 5.25. The molecule has 1 unspecified atom stereocenters. The minimum atomic E-state index is -0.349. The molecule has 4 heteroatoms. The summed E-state index contributed by atoms with van der Waals surface area (Å²) in [5, 5.41) is 12.6. The van der Waals surface area contributed by atoms with Crippen molar-refractivity contribution in [2.24, 2.45) is 0 Å². The lowest BCUT2D eigenvalue weighted by molar-refractivity contribution is 0.615. The minimum Gasteiger partial charge on any atom is -0.313 e. The maximum atomic E-state index is 13.1. The van der Waals surface area contributed by atoms with Crippen molar-refractivity contribution in [3.8, 4) is 6.07 Å². The molecule has 2 nitrogen and oxygen atoms in total. The molecule has 1 N–H and O–H groups in total. The van der Waals surface area contributed by atoms with E-state index in [0.29, 0.717) is 17.4 Å². The van der Waals surface area contributed by atoms with Crippen molar-refractivity contribution in [1.29, 1.82) is 5.26 Å². The van der Waals surface area contributed by atoms with E-state index in [9.17, 15) is 4.39 Å². The van der Waals surface area contributed by atoms with E-state index in [1.807, 2.05) is 17.8 Å². The third-order valence-corrected chi connectivity index (χ3v) is 3.59. The largest absolute Gasteiger partial charge is 0.313 e. The molecular formula is C13H17FN2S. The molecule has 0 spiro atoms. The highest BCUT2D eigenvalue weighted by molar-refractivity contribution is 7.99. The Morgan fingerprint density at radius 2 is 2.24 bits per heavy atom. The third kappa shape index (κ3) is 5.20. The molecule has 0 bridgehead atoms. The van der Waals surface area contributed by atoms with Crippen LogP contribution in [0.1, 0.15) is 24.5 Å². The molecule has 0 aliphatic heterocycles. The molecule has 92 valence electrons. The predicted octanol–water partition coefficient (Wildman–Crippen LogP) is 2.93. The van der Waals surface area contributed by atoms with Crippen LogP contribution in [0.4, 0.5) is 4.39 Å². The SMILES string of the molecule is CSC(C)CCNCc1cc(F)cc(C#N)c1. The van der Waals surface area contributed by atoms with Crippen molar-refractivity contribution >= 4 is 11.8 Å². The zero-order chi connectivity index (χ0) is 12.7. The van der Waals surface area contributed by atoms with E-state index >= 15 is 0 Å². The Bertz CT molecular complexity index is 401. The molecule has 1 aromatic carbocycles. The van der Waals surface area contributed by atoms with Crippen LogP contribution in [-0.2, 0) is 6.54 Å². The Balaban J connectivity index is 2.42. The molecule has 1 aromatic rings. The van der Waals surface area contributed by atoms with Gasteiger partial charge in [-0.05, 0) is 43.0 Å². The number of thioether (sulfide) groups is 1. The van der Waals surface area contributed by atoms with Gasteiger partial charge in [-0.2, -0.15) is 17.0 Å². The predicted molar refractivity (Wildman–Crippen MR) is 70.4 cm³/mol. The molecule has 0 fully saturated rings. The lowest BCUT2D eigenvalue weighted by atomic mass is 10.1. The Kier molecular flexibility index (Phi) is 6.03. The van der Waals surface area contributed by atoms with E-state index in [4.69, 9.17) is 5.26 Å². The fraction of sp³-hybridized carbons (Fsp3) is 0.462. The fourth-order valence-corrected chi connectivity index (χ4v) is 1.83. The molecule has 1 rings (SSSR count). The Labute approximate surface area is 106 Å². The Morgan fingerprint density at radius 3 is 2.88 bits per heavy atom. The molecular weight excluding hydrogens is 235 g/mol. The lowest BCUT2D eigenvalue weighted by Gasteiger charge is -2.09. The van der Waals surface area contributed by atoms with E-state index in [0.717, 1.165) is 18.5 Å². The van der Waals surface area contributed by atoms with Crippen LogP contribution in [0.5, 0.6) is 0 Å². The van der Waals surface area contributed by atoms with Gasteiger partial charge in [0.25, 0.3) is 0 Å². The summed E-state index contributed by atoms with van der Waals surface area (Å²) in [5.41, 5.74) is 1.19. The van der Waals surface area contributed by atoms with Crippen LogP contribution < -0.4 is 5.32 Å². The van der Waals surface area contributed by atoms with Gasteiger partial charge in [-0.1, -0.05) is 6.92 Å². The van der Waals surface area contributed by atoms with Crippen LogP contribution in [0, 0.1) is 17.1 Å². The van der Waals surface area contributed by atoms with Gasteiger partial charge in [-0.3, -0.25) is 0 Å². The van der Waals surface area contributed by atoms with E-state index in [-0.39, 0.29) is 5.82 Å². The highest BCUT2D eigenvalue weighted by Crippen LogP contribution is 2.10. The number of benzene rings is 1. The number of nitrogens with zero attached hydrogens (tertiary/aromatic N) is 1. The van der Waals surface area contributed by atoms with Crippen LogP contribution in [0.15, 0.2) is 18.2 Å². The van der Waals surface area contributed by atoms with E-state index in [1.165, 1.54) is 12.1 Å². The van der Waals surface area contributed by atoms with Gasteiger partial charge < -0.3 is 5.32 Å². The molecule has 0 aliphatic carbocycles. The average molecular weight is 252 g/mol. The van der Waals surface area contributed by atoms with Crippen molar-refractivity contribution in [3.05, 3.63) is 35.1 Å². The number of nitriles is 1. The first kappa shape index (κ1) is 14.0. The zero-order valence-electron chi connectivity index (χ0n) is 10.2. The van der Waals surface area contributed by atoms with Crippen LogP contribution in [-0.4, -0.2) is 18.1 Å². The van der Waals surface area contributed by atoms with Crippen LogP contribution in [0.25, 0.3) is 0 Å². The highest BCUT2D eigenvalue weighted by Gasteiger charge is 2.01. The molecule has 0 aliphatic rings. The normalized spacial score (nSPS) is 12.1. The molecule has 0 saturated carbocycles. The van der Waals surface area contributed by atoms with Crippen molar-refractivity contribution in [1.82, 2.24) is 5.32 Å². The first-order valence-corrected chi connectivity index (χ1v) is 6.87. The van der Waals surface area contributed by atoms with Crippen molar-refractivity contribution in [2.75, 3.05) is 12.8 Å². The van der Waals surface area contributed by atoms with Crippen molar-refractivity contribution in [3.63, 3.8) is 0 Å². The minimum absolute atomic E-state index is 0.349. The highest BCUT2D eigenvalue weighted by atomic mass is 32.2. The second-order valence-electron chi connectivity index (χ2n) is 3.97. The summed E-state index contributed by atoms with van der Waals surface area (Å²) in [5.74, 6) is -0.349. The Morgan fingerprint density at radius 1 is 1.47 bits per heavy atom. The van der Waals surface area contributed by atoms with Crippen LogP contribution >= 0.6 is 11.8 Å². The van der Waals surface area contributed by atoms with Gasteiger partial charge in [0.15, 0.2) is 0 Å². The quantitative estimate of drug-likeness (QED) is 0.791. The summed E-state index contributed by atoms with van der Waals surface area (Å²) >= 11 is 1.84. The topological polar surface area (TPSA) is 35.8 Å². The fourth-order valence-electron chi connectivity index (χ4n) is 1.47. The van der Waals surface area contributed by atoms with Gasteiger partial charge in [0.1, 0.15) is 5.82 Å². The Hall–Kier alpha value is -1.05. The second kappa shape index (κ2) is 7.31. The number of hydrogen-bond acceptors (Lipinski definition) is 3. The van der Waals surface area contributed by atoms with E-state index in [1.54, 1.807) is 6.07 Å². The van der Waals surface area contributed by atoms with Gasteiger partial charge >= 0.3 is 0 Å². The summed E-state index contributed by atoms with van der Waals surface area (Å²) in [6.45, 7) is 3.69. The summed E-state index contributed by atoms with van der Waals surface area (Å²) in [7, 11) is 0. The molecule has 17 heavy (non-hydrogen) atoms. The summed E-state index contributed by atoms with van der Waals surface area (Å²) in [6, 6.07) is 6.38. The number of rotatable bonds is 6. The number of halogens is 1. The van der Waals surface area contributed by atoms with Gasteiger partial charge in [0.2, 0.25) is 0 Å². The van der Waals surface area contributed by atoms with Crippen molar-refractivity contribution < 1.29 is 4.39 Å². The van der Waals surface area contributed by atoms with Gasteiger partial charge in [0, 0.05) is 11.8 Å². The number of hydrogen-bond donors (Lipinski definition) is 1. The van der Waals surface area contributed by atoms with Crippen molar-refractivity contribution in [2.45, 2.75) is 25.1 Å². The smallest absolute Gasteiger partial charge is 0.124 e. The van der Waals surface area contributed by atoms with E-state index < -0.39 is 0 Å². The average Bonchev–Trinajstić information content (AvgIpc) is 2.33.